The lowest BCUT2D eigenvalue weighted by Gasteiger charge is -2.36. The summed E-state index contributed by atoms with van der Waals surface area (Å²) in [7, 11) is 0. The topological polar surface area (TPSA) is 84.7 Å². The lowest BCUT2D eigenvalue weighted by molar-refractivity contribution is -0.152. The highest BCUT2D eigenvalue weighted by Crippen LogP contribution is 2.33. The second kappa shape index (κ2) is 10.2. The molecule has 1 amide bonds. The monoisotopic (exact) mass is 498 g/mol. The zero-order valence-corrected chi connectivity index (χ0v) is 20.2. The van der Waals surface area contributed by atoms with Crippen molar-refractivity contribution < 1.29 is 18.7 Å². The van der Waals surface area contributed by atoms with Gasteiger partial charge < -0.3 is 14.5 Å². The van der Waals surface area contributed by atoms with Crippen LogP contribution in [0, 0.1) is 5.82 Å². The molecule has 0 radical (unpaired) electrons. The minimum absolute atomic E-state index is 0.0201. The molecule has 1 saturated heterocycles. The Hall–Kier alpha value is -3.27. The Balaban J connectivity index is 1.11. The summed E-state index contributed by atoms with van der Waals surface area (Å²) in [6.07, 6.45) is 5.57. The first kappa shape index (κ1) is 23.5. The molecule has 1 aliphatic heterocycles. The summed E-state index contributed by atoms with van der Waals surface area (Å²) < 4.78 is 20.6. The van der Waals surface area contributed by atoms with E-state index in [-0.39, 0.29) is 36.9 Å². The Bertz CT molecular complexity index is 1310. The van der Waals surface area contributed by atoms with Gasteiger partial charge >= 0.3 is 5.97 Å². The van der Waals surface area contributed by atoms with E-state index in [2.05, 4.69) is 4.98 Å². The summed E-state index contributed by atoms with van der Waals surface area (Å²) in [6.45, 7) is 1.67. The number of hydrogen-bond donors (Lipinski definition) is 0. The Morgan fingerprint density at radius 3 is 2.66 bits per heavy atom. The fourth-order valence-corrected chi connectivity index (χ4v) is 5.98. The molecule has 35 heavy (non-hydrogen) atoms. The van der Waals surface area contributed by atoms with Gasteiger partial charge in [-0.15, -0.1) is 11.3 Å². The van der Waals surface area contributed by atoms with Gasteiger partial charge in [0.1, 0.15) is 10.6 Å². The molecule has 3 aromatic rings. The summed E-state index contributed by atoms with van der Waals surface area (Å²) in [4.78, 5) is 47.7. The van der Waals surface area contributed by atoms with Crippen LogP contribution in [0.4, 0.5) is 10.1 Å². The van der Waals surface area contributed by atoms with E-state index in [4.69, 9.17) is 4.74 Å². The van der Waals surface area contributed by atoms with Gasteiger partial charge in [-0.25, -0.2) is 9.37 Å². The number of amides is 1. The predicted octanol–water partition coefficient (Wildman–Crippen LogP) is 2.76. The molecule has 1 aromatic carbocycles. The molecule has 0 unspecified atom stereocenters. The van der Waals surface area contributed by atoms with Crippen LogP contribution in [-0.2, 0) is 33.7 Å². The van der Waals surface area contributed by atoms with E-state index in [0.29, 0.717) is 37.3 Å². The number of fused-ring (bicyclic) bond motifs is 3. The average Bonchev–Trinajstić information content (AvgIpc) is 3.27. The van der Waals surface area contributed by atoms with E-state index in [9.17, 15) is 18.8 Å². The van der Waals surface area contributed by atoms with Crippen molar-refractivity contribution in [2.24, 2.45) is 0 Å². The standard InChI is InChI=1S/C25H27FN4O4S/c26-18-6-2-3-7-19(18)28-11-13-29(14-12-28)21(31)15-34-22(32)9-10-30-16-27-24-23(25(30)33)17-5-1-4-8-20(17)35-24/h2-3,6-7,16H,1,4-5,8-15H2. The molecule has 8 nitrogen and oxygen atoms in total. The van der Waals surface area contributed by atoms with E-state index in [0.717, 1.165) is 36.1 Å². The molecule has 1 aliphatic carbocycles. The summed E-state index contributed by atoms with van der Waals surface area (Å²) in [6, 6.07) is 6.57. The highest BCUT2D eigenvalue weighted by Gasteiger charge is 2.24. The third-order valence-electron chi connectivity index (χ3n) is 6.68. The first-order valence-corrected chi connectivity index (χ1v) is 12.8. The molecular weight excluding hydrogens is 471 g/mol. The van der Waals surface area contributed by atoms with Gasteiger partial charge in [-0.05, 0) is 43.4 Å². The van der Waals surface area contributed by atoms with Crippen LogP contribution < -0.4 is 10.5 Å². The van der Waals surface area contributed by atoms with E-state index in [1.165, 1.54) is 21.8 Å². The highest BCUT2D eigenvalue weighted by molar-refractivity contribution is 7.18. The Morgan fingerprint density at radius 2 is 1.86 bits per heavy atom. The van der Waals surface area contributed by atoms with Crippen molar-refractivity contribution >= 4 is 39.1 Å². The lowest BCUT2D eigenvalue weighted by atomic mass is 9.97. The first-order chi connectivity index (χ1) is 17.0. The first-order valence-electron chi connectivity index (χ1n) is 11.9. The van der Waals surface area contributed by atoms with Gasteiger partial charge in [0.15, 0.2) is 6.61 Å². The number of ether oxygens (including phenoxy) is 1. The smallest absolute Gasteiger partial charge is 0.308 e. The summed E-state index contributed by atoms with van der Waals surface area (Å²) in [5.41, 5.74) is 1.52. The fourth-order valence-electron chi connectivity index (χ4n) is 4.76. The number of hydrogen-bond acceptors (Lipinski definition) is 7. The number of carbonyl (C=O) groups excluding carboxylic acids is 2. The van der Waals surface area contributed by atoms with Gasteiger partial charge in [0.25, 0.3) is 11.5 Å². The predicted molar refractivity (Wildman–Crippen MR) is 131 cm³/mol. The van der Waals surface area contributed by atoms with Gasteiger partial charge in [0.05, 0.1) is 23.8 Å². The largest absolute Gasteiger partial charge is 0.456 e. The van der Waals surface area contributed by atoms with Crippen LogP contribution >= 0.6 is 11.3 Å². The molecule has 2 aromatic heterocycles. The Kier molecular flexibility index (Phi) is 6.81. The molecule has 0 spiro atoms. The van der Waals surface area contributed by atoms with E-state index < -0.39 is 5.97 Å². The van der Waals surface area contributed by atoms with E-state index in [1.54, 1.807) is 34.4 Å². The van der Waals surface area contributed by atoms with Gasteiger partial charge in [-0.2, -0.15) is 0 Å². The molecule has 0 N–H and O–H groups in total. The fraction of sp³-hybridized carbons (Fsp3) is 0.440. The molecule has 5 rings (SSSR count). The van der Waals surface area contributed by atoms with Crippen molar-refractivity contribution in [1.29, 1.82) is 0 Å². The van der Waals surface area contributed by atoms with Crippen molar-refractivity contribution in [3.63, 3.8) is 0 Å². The number of para-hydroxylation sites is 1. The van der Waals surface area contributed by atoms with Crippen LogP contribution in [-0.4, -0.2) is 59.1 Å². The van der Waals surface area contributed by atoms with Gasteiger partial charge in [-0.3, -0.25) is 19.0 Å². The number of rotatable bonds is 6. The number of piperazine rings is 1. The number of halogens is 1. The Morgan fingerprint density at radius 1 is 1.09 bits per heavy atom. The number of anilines is 1. The number of aryl methyl sites for hydroxylation is 3. The summed E-state index contributed by atoms with van der Waals surface area (Å²) >= 11 is 1.59. The van der Waals surface area contributed by atoms with Crippen molar-refractivity contribution in [1.82, 2.24) is 14.5 Å². The molecular formula is C25H27FN4O4S. The lowest BCUT2D eigenvalue weighted by Crippen LogP contribution is -2.50. The zero-order chi connectivity index (χ0) is 24.4. The molecule has 0 bridgehead atoms. The van der Waals surface area contributed by atoms with Gasteiger partial charge in [-0.1, -0.05) is 12.1 Å². The van der Waals surface area contributed by atoms with Crippen molar-refractivity contribution in [3.8, 4) is 0 Å². The van der Waals surface area contributed by atoms with E-state index in [1.807, 2.05) is 4.90 Å². The third-order valence-corrected chi connectivity index (χ3v) is 7.88. The van der Waals surface area contributed by atoms with Crippen molar-refractivity contribution in [2.75, 3.05) is 37.7 Å². The maximum atomic E-state index is 14.0. The van der Waals surface area contributed by atoms with Crippen molar-refractivity contribution in [2.45, 2.75) is 38.6 Å². The van der Waals surface area contributed by atoms with Gasteiger partial charge in [0, 0.05) is 37.6 Å². The second-order valence-electron chi connectivity index (χ2n) is 8.86. The second-order valence-corrected chi connectivity index (χ2v) is 9.95. The van der Waals surface area contributed by atoms with Crippen LogP contribution in [0.1, 0.15) is 29.7 Å². The quantitative estimate of drug-likeness (QED) is 0.486. The SMILES string of the molecule is O=C(CCn1cnc2sc3c(c2c1=O)CCCC3)OCC(=O)N1CCN(c2ccccc2F)CC1. The molecule has 0 saturated carbocycles. The molecule has 3 heterocycles. The summed E-state index contributed by atoms with van der Waals surface area (Å²) in [5, 5.41) is 0.685. The maximum Gasteiger partial charge on any atom is 0.308 e. The minimum Gasteiger partial charge on any atom is -0.456 e. The number of aromatic nitrogens is 2. The maximum absolute atomic E-state index is 14.0. The van der Waals surface area contributed by atoms with Crippen LogP contribution in [0.15, 0.2) is 35.4 Å². The number of thiophene rings is 1. The highest BCUT2D eigenvalue weighted by atomic mass is 32.1. The molecule has 2 aliphatic rings. The molecule has 0 atom stereocenters. The average molecular weight is 499 g/mol. The number of esters is 1. The molecule has 1 fully saturated rings. The normalized spacial score (nSPS) is 15.8. The van der Waals surface area contributed by atoms with Crippen LogP contribution in [0.25, 0.3) is 10.2 Å². The summed E-state index contributed by atoms with van der Waals surface area (Å²) in [5.74, 6) is -1.10. The van der Waals surface area contributed by atoms with Crippen LogP contribution in [0.3, 0.4) is 0 Å². The van der Waals surface area contributed by atoms with Crippen molar-refractivity contribution in [3.05, 3.63) is 57.2 Å². The number of carbonyl (C=O) groups is 2. The van der Waals surface area contributed by atoms with Gasteiger partial charge in [0.2, 0.25) is 0 Å². The van der Waals surface area contributed by atoms with Crippen LogP contribution in [0.5, 0.6) is 0 Å². The minimum atomic E-state index is -0.539. The number of benzene rings is 1. The van der Waals surface area contributed by atoms with E-state index >= 15 is 0 Å². The zero-order valence-electron chi connectivity index (χ0n) is 19.4. The molecule has 184 valence electrons. The Labute approximate surface area is 205 Å². The molecule has 10 heteroatoms. The number of nitrogens with zero attached hydrogens (tertiary/aromatic N) is 4. The van der Waals surface area contributed by atoms with Crippen LogP contribution in [0.2, 0.25) is 0 Å². The third kappa shape index (κ3) is 4.93.